The lowest BCUT2D eigenvalue weighted by Gasteiger charge is -2.26. The maximum absolute atomic E-state index is 14.5. The van der Waals surface area contributed by atoms with Gasteiger partial charge in [0.05, 0.1) is 5.41 Å². The van der Waals surface area contributed by atoms with Gasteiger partial charge in [0.25, 0.3) is 0 Å². The van der Waals surface area contributed by atoms with E-state index in [9.17, 15) is 13.2 Å². The molecule has 1 unspecified atom stereocenters. The summed E-state index contributed by atoms with van der Waals surface area (Å²) < 4.78 is 54.3. The zero-order chi connectivity index (χ0) is 24.8. The standard InChI is InChI=1S/C24H26ClF3N4O2/c1-12-21(31-34-22(12)24(3,4)20-15(27)7-6-8-16(20)28)23-29-18(25)10-19(30-23)33-13(2)17-9-14(26)11-32(17)5/h6-8,10,13-14,17H,9,11H2,1-5H3/t13?,14-,17+/m1/s1. The van der Waals surface area contributed by atoms with Gasteiger partial charge in [0.2, 0.25) is 5.88 Å². The van der Waals surface area contributed by atoms with Crippen LogP contribution in [0.25, 0.3) is 11.5 Å². The van der Waals surface area contributed by atoms with Crippen LogP contribution in [0.3, 0.4) is 0 Å². The van der Waals surface area contributed by atoms with Gasteiger partial charge in [0.1, 0.15) is 29.1 Å². The number of benzene rings is 1. The number of likely N-dealkylation sites (N-methyl/N-ethyl adjacent to an activating group) is 1. The summed E-state index contributed by atoms with van der Waals surface area (Å²) in [7, 11) is 1.85. The highest BCUT2D eigenvalue weighted by molar-refractivity contribution is 6.29. The molecule has 4 rings (SSSR count). The quantitative estimate of drug-likeness (QED) is 0.421. The zero-order valence-electron chi connectivity index (χ0n) is 19.6. The molecule has 1 aliphatic rings. The molecule has 0 N–H and O–H groups in total. The molecule has 0 bridgehead atoms. The van der Waals surface area contributed by atoms with Crippen LogP contribution in [0.5, 0.6) is 5.88 Å². The fourth-order valence-electron chi connectivity index (χ4n) is 4.68. The van der Waals surface area contributed by atoms with E-state index in [1.165, 1.54) is 24.3 Å². The second kappa shape index (κ2) is 9.19. The van der Waals surface area contributed by atoms with E-state index in [0.717, 1.165) is 0 Å². The second-order valence-corrected chi connectivity index (χ2v) is 9.61. The fourth-order valence-corrected chi connectivity index (χ4v) is 4.86. The Labute approximate surface area is 201 Å². The van der Waals surface area contributed by atoms with Crippen molar-refractivity contribution in [2.75, 3.05) is 13.6 Å². The van der Waals surface area contributed by atoms with Crippen molar-refractivity contribution >= 4 is 11.6 Å². The molecule has 0 aliphatic carbocycles. The second-order valence-electron chi connectivity index (χ2n) is 9.22. The molecule has 6 nitrogen and oxygen atoms in total. The van der Waals surface area contributed by atoms with Crippen molar-refractivity contribution in [1.29, 1.82) is 0 Å². The molecule has 3 atom stereocenters. The smallest absolute Gasteiger partial charge is 0.218 e. The molecule has 1 fully saturated rings. The van der Waals surface area contributed by atoms with E-state index in [-0.39, 0.29) is 46.0 Å². The van der Waals surface area contributed by atoms with Gasteiger partial charge in [0.15, 0.2) is 17.3 Å². The van der Waals surface area contributed by atoms with Crippen LogP contribution in [0, 0.1) is 18.6 Å². The van der Waals surface area contributed by atoms with Crippen molar-refractivity contribution in [3.63, 3.8) is 0 Å². The van der Waals surface area contributed by atoms with E-state index in [1.54, 1.807) is 20.8 Å². The molecule has 1 saturated heterocycles. The minimum Gasteiger partial charge on any atom is -0.473 e. The molecule has 3 heterocycles. The number of nitrogens with zero attached hydrogens (tertiary/aromatic N) is 4. The van der Waals surface area contributed by atoms with Crippen molar-refractivity contribution < 1.29 is 22.4 Å². The maximum atomic E-state index is 14.5. The molecule has 34 heavy (non-hydrogen) atoms. The Balaban J connectivity index is 1.66. The first-order valence-corrected chi connectivity index (χ1v) is 11.3. The molecule has 0 amide bonds. The Bertz CT molecular complexity index is 1180. The third-order valence-electron chi connectivity index (χ3n) is 6.36. The van der Waals surface area contributed by atoms with Crippen molar-refractivity contribution in [1.82, 2.24) is 20.0 Å². The van der Waals surface area contributed by atoms with Gasteiger partial charge in [-0.15, -0.1) is 0 Å². The first-order valence-electron chi connectivity index (χ1n) is 11.0. The number of hydrogen-bond donors (Lipinski definition) is 0. The predicted molar refractivity (Wildman–Crippen MR) is 122 cm³/mol. The summed E-state index contributed by atoms with van der Waals surface area (Å²) in [5.41, 5.74) is -0.489. The minimum atomic E-state index is -1.16. The Kier molecular flexibility index (Phi) is 6.61. The van der Waals surface area contributed by atoms with Crippen LogP contribution in [0.15, 0.2) is 28.8 Å². The van der Waals surface area contributed by atoms with Crippen molar-refractivity contribution in [3.05, 3.63) is 57.9 Å². The highest BCUT2D eigenvalue weighted by Gasteiger charge is 2.37. The molecule has 0 saturated carbocycles. The maximum Gasteiger partial charge on any atom is 0.218 e. The molecule has 0 spiro atoms. The van der Waals surface area contributed by atoms with Crippen molar-refractivity contribution in [2.24, 2.45) is 0 Å². The zero-order valence-corrected chi connectivity index (χ0v) is 20.3. The number of halogens is 4. The summed E-state index contributed by atoms with van der Waals surface area (Å²) in [4.78, 5) is 10.6. The van der Waals surface area contributed by atoms with Crippen molar-refractivity contribution in [3.8, 4) is 17.4 Å². The van der Waals surface area contributed by atoms with Gasteiger partial charge < -0.3 is 9.26 Å². The first-order chi connectivity index (χ1) is 16.0. The number of rotatable bonds is 6. The fraction of sp³-hybridized carbons (Fsp3) is 0.458. The van der Waals surface area contributed by atoms with Crippen LogP contribution < -0.4 is 4.74 Å². The molecular weight excluding hydrogens is 469 g/mol. The summed E-state index contributed by atoms with van der Waals surface area (Å²) in [6, 6.07) is 5.07. The van der Waals surface area contributed by atoms with E-state index in [2.05, 4.69) is 15.1 Å². The van der Waals surface area contributed by atoms with Gasteiger partial charge in [-0.25, -0.2) is 18.2 Å². The molecule has 182 valence electrons. The molecule has 1 aliphatic heterocycles. The third kappa shape index (κ3) is 4.51. The lowest BCUT2D eigenvalue weighted by molar-refractivity contribution is 0.117. The molecule has 10 heteroatoms. The lowest BCUT2D eigenvalue weighted by atomic mass is 9.79. The van der Waals surface area contributed by atoms with Gasteiger partial charge in [0, 0.05) is 29.8 Å². The summed E-state index contributed by atoms with van der Waals surface area (Å²) in [6.07, 6.45) is -0.873. The van der Waals surface area contributed by atoms with Crippen LogP contribution >= 0.6 is 11.6 Å². The number of hydrogen-bond acceptors (Lipinski definition) is 6. The Morgan fingerprint density at radius 3 is 2.53 bits per heavy atom. The Morgan fingerprint density at radius 1 is 1.24 bits per heavy atom. The van der Waals surface area contributed by atoms with Crippen LogP contribution in [0.4, 0.5) is 13.2 Å². The minimum absolute atomic E-state index is 0.107. The molecular formula is C24H26ClF3N4O2. The van der Waals surface area contributed by atoms with Crippen molar-refractivity contribution in [2.45, 2.75) is 57.8 Å². The van der Waals surface area contributed by atoms with Gasteiger partial charge in [-0.1, -0.05) is 22.8 Å². The summed E-state index contributed by atoms with van der Waals surface area (Å²) in [6.45, 7) is 7.21. The normalized spacial score (nSPS) is 20.0. The number of aromatic nitrogens is 3. The Hall–Kier alpha value is -2.65. The number of ether oxygens (including phenoxy) is 1. The third-order valence-corrected chi connectivity index (χ3v) is 6.55. The highest BCUT2D eigenvalue weighted by atomic mass is 35.5. The average molecular weight is 495 g/mol. The molecule has 3 aromatic rings. The summed E-state index contributed by atoms with van der Waals surface area (Å²) in [5.74, 6) is -0.735. The molecule has 2 aromatic heterocycles. The van der Waals surface area contributed by atoms with Gasteiger partial charge in [-0.05, 0) is 53.3 Å². The largest absolute Gasteiger partial charge is 0.473 e. The van der Waals surface area contributed by atoms with Crippen LogP contribution in [-0.4, -0.2) is 51.9 Å². The van der Waals surface area contributed by atoms with E-state index >= 15 is 0 Å². The van der Waals surface area contributed by atoms with Crippen LogP contribution in [-0.2, 0) is 5.41 Å². The lowest BCUT2D eigenvalue weighted by Crippen LogP contribution is -2.38. The molecule has 0 radical (unpaired) electrons. The van der Waals surface area contributed by atoms with Gasteiger partial charge >= 0.3 is 0 Å². The average Bonchev–Trinajstić information content (AvgIpc) is 3.29. The number of likely N-dealkylation sites (tertiary alicyclic amines) is 1. The summed E-state index contributed by atoms with van der Waals surface area (Å²) >= 11 is 6.22. The van der Waals surface area contributed by atoms with E-state index < -0.39 is 23.2 Å². The Morgan fingerprint density at radius 2 is 1.91 bits per heavy atom. The van der Waals surface area contributed by atoms with Crippen LogP contribution in [0.2, 0.25) is 5.15 Å². The summed E-state index contributed by atoms with van der Waals surface area (Å²) in [5, 5.41) is 4.20. The predicted octanol–water partition coefficient (Wildman–Crippen LogP) is 5.51. The van der Waals surface area contributed by atoms with Gasteiger partial charge in [-0.2, -0.15) is 4.98 Å². The van der Waals surface area contributed by atoms with E-state index in [4.69, 9.17) is 20.9 Å². The van der Waals surface area contributed by atoms with Gasteiger partial charge in [-0.3, -0.25) is 4.90 Å². The van der Waals surface area contributed by atoms with E-state index in [0.29, 0.717) is 18.5 Å². The topological polar surface area (TPSA) is 64.3 Å². The van der Waals surface area contributed by atoms with E-state index in [1.807, 2.05) is 18.9 Å². The number of alkyl halides is 1. The first kappa shape index (κ1) is 24.5. The highest BCUT2D eigenvalue weighted by Crippen LogP contribution is 2.39. The SMILES string of the molecule is Cc1c(-c2nc(Cl)cc(OC(C)[C@@H]3C[C@@H](F)CN3C)n2)noc1C(C)(C)c1c(F)cccc1F. The monoisotopic (exact) mass is 494 g/mol. The van der Waals surface area contributed by atoms with Crippen LogP contribution in [0.1, 0.15) is 44.1 Å². The molecule has 1 aromatic carbocycles.